The molecule has 0 aromatic heterocycles. The van der Waals surface area contributed by atoms with Crippen LogP contribution in [0.15, 0.2) is 72.8 Å². The smallest absolute Gasteiger partial charge is 0.0405 e. The predicted octanol–water partition coefficient (Wildman–Crippen LogP) is 4.76. The van der Waals surface area contributed by atoms with Crippen molar-refractivity contribution in [3.8, 4) is 0 Å². The summed E-state index contributed by atoms with van der Waals surface area (Å²) in [5, 5.41) is 3.13. The van der Waals surface area contributed by atoms with Gasteiger partial charge in [0.25, 0.3) is 0 Å². The molecule has 0 fully saturated rings. The van der Waals surface area contributed by atoms with E-state index < -0.39 is 0 Å². The van der Waals surface area contributed by atoms with Crippen molar-refractivity contribution in [3.05, 3.63) is 77.8 Å². The summed E-state index contributed by atoms with van der Waals surface area (Å²) in [6, 6.07) is 23.5. The van der Waals surface area contributed by atoms with Crippen LogP contribution in [0.3, 0.4) is 0 Å². The van der Waals surface area contributed by atoms with Gasteiger partial charge in [0.2, 0.25) is 0 Å². The van der Waals surface area contributed by atoms with Crippen LogP contribution in [0.25, 0.3) is 10.8 Å². The number of nitrogen functional groups attached to an aromatic ring is 1. The molecule has 0 saturated heterocycles. The van der Waals surface area contributed by atoms with Crippen molar-refractivity contribution in [1.29, 1.82) is 0 Å². The highest BCUT2D eigenvalue weighted by atomic mass is 35.5. The van der Waals surface area contributed by atoms with Crippen LogP contribution in [-0.2, 0) is 0 Å². The summed E-state index contributed by atoms with van der Waals surface area (Å²) in [5.74, 6) is 0. The van der Waals surface area contributed by atoms with E-state index >= 15 is 0 Å². The summed E-state index contributed by atoms with van der Waals surface area (Å²) < 4.78 is 0. The Morgan fingerprint density at radius 3 is 1.89 bits per heavy atom. The van der Waals surface area contributed by atoms with Gasteiger partial charge in [-0.2, -0.15) is 0 Å². The zero-order valence-electron chi connectivity index (χ0n) is 9.88. The van der Waals surface area contributed by atoms with Gasteiger partial charge in [-0.25, -0.2) is 0 Å². The summed E-state index contributed by atoms with van der Waals surface area (Å²) in [6.45, 7) is 0. The number of halogens is 1. The zero-order valence-corrected chi connectivity index (χ0v) is 10.6. The summed E-state index contributed by atoms with van der Waals surface area (Å²) in [6.07, 6.45) is 0. The molecule has 1 nitrogen and oxygen atoms in total. The van der Waals surface area contributed by atoms with Crippen LogP contribution in [0.1, 0.15) is 0 Å². The fourth-order valence-corrected chi connectivity index (χ4v) is 1.81. The van der Waals surface area contributed by atoms with Gasteiger partial charge in [-0.1, -0.05) is 66.2 Å². The minimum atomic E-state index is 0.794. The normalized spacial score (nSPS) is 9.61. The lowest BCUT2D eigenvalue weighted by Gasteiger charge is -1.98. The number of fused-ring (bicyclic) bond motifs is 1. The molecule has 0 aliphatic rings. The van der Waals surface area contributed by atoms with Crippen LogP contribution >= 0.6 is 11.6 Å². The Balaban J connectivity index is 0.000000149. The fourth-order valence-electron chi connectivity index (χ4n) is 1.67. The molecule has 0 atom stereocenters. The average molecular weight is 256 g/mol. The maximum absolute atomic E-state index is 5.76. The van der Waals surface area contributed by atoms with Gasteiger partial charge in [0, 0.05) is 16.1 Å². The Labute approximate surface area is 112 Å². The molecular weight excluding hydrogens is 242 g/mol. The third-order valence-corrected chi connectivity index (χ3v) is 2.81. The van der Waals surface area contributed by atoms with Crippen LogP contribution in [0.5, 0.6) is 0 Å². The Morgan fingerprint density at radius 1 is 0.667 bits per heavy atom. The number of anilines is 1. The molecule has 3 aromatic carbocycles. The van der Waals surface area contributed by atoms with Crippen LogP contribution < -0.4 is 5.73 Å². The van der Waals surface area contributed by atoms with Gasteiger partial charge in [-0.15, -0.1) is 0 Å². The first kappa shape index (κ1) is 12.5. The third kappa shape index (κ3) is 3.25. The molecule has 0 saturated carbocycles. The number of hydrogen-bond donors (Lipinski definition) is 1. The molecular formula is C16H14ClN. The highest BCUT2D eigenvalue weighted by Crippen LogP contribution is 2.19. The van der Waals surface area contributed by atoms with E-state index in [2.05, 4.69) is 12.1 Å². The lowest BCUT2D eigenvalue weighted by atomic mass is 10.1. The van der Waals surface area contributed by atoms with Gasteiger partial charge in [0.15, 0.2) is 0 Å². The Bertz CT molecular complexity index is 615. The maximum atomic E-state index is 5.76. The van der Waals surface area contributed by atoms with Gasteiger partial charge in [-0.3, -0.25) is 0 Å². The van der Waals surface area contributed by atoms with Crippen LogP contribution in [0.4, 0.5) is 5.69 Å². The van der Waals surface area contributed by atoms with Crippen LogP contribution in [0.2, 0.25) is 5.02 Å². The predicted molar refractivity (Wildman–Crippen MR) is 79.8 cm³/mol. The van der Waals surface area contributed by atoms with E-state index in [-0.39, 0.29) is 0 Å². The van der Waals surface area contributed by atoms with Gasteiger partial charge in [0.1, 0.15) is 0 Å². The number of benzene rings is 3. The van der Waals surface area contributed by atoms with Crippen molar-refractivity contribution in [1.82, 2.24) is 0 Å². The highest BCUT2D eigenvalue weighted by Gasteiger charge is 1.92. The van der Waals surface area contributed by atoms with Gasteiger partial charge in [-0.05, 0) is 23.6 Å². The zero-order chi connectivity index (χ0) is 12.8. The molecule has 0 heterocycles. The Kier molecular flexibility index (Phi) is 4.21. The first-order valence-electron chi connectivity index (χ1n) is 5.71. The first-order chi connectivity index (χ1) is 8.77. The molecule has 0 spiro atoms. The molecule has 0 aliphatic carbocycles. The van der Waals surface area contributed by atoms with E-state index in [1.807, 2.05) is 60.7 Å². The summed E-state index contributed by atoms with van der Waals surface area (Å²) >= 11 is 5.54. The minimum Gasteiger partial charge on any atom is -0.398 e. The molecule has 0 radical (unpaired) electrons. The lowest BCUT2D eigenvalue weighted by molar-refractivity contribution is 1.71. The minimum absolute atomic E-state index is 0.794. The summed E-state index contributed by atoms with van der Waals surface area (Å²) in [4.78, 5) is 0. The second kappa shape index (κ2) is 6.08. The van der Waals surface area contributed by atoms with Crippen molar-refractivity contribution < 1.29 is 0 Å². The molecule has 2 heteroatoms. The van der Waals surface area contributed by atoms with Gasteiger partial charge < -0.3 is 5.73 Å². The second-order valence-electron chi connectivity index (χ2n) is 3.86. The summed E-state index contributed by atoms with van der Waals surface area (Å²) in [5.41, 5.74) is 6.61. The number of nitrogens with two attached hydrogens (primary N) is 1. The third-order valence-electron chi connectivity index (χ3n) is 2.56. The fraction of sp³-hybridized carbons (Fsp3) is 0. The largest absolute Gasteiger partial charge is 0.398 e. The molecule has 90 valence electrons. The quantitative estimate of drug-likeness (QED) is 0.576. The lowest BCUT2D eigenvalue weighted by Crippen LogP contribution is -1.84. The molecule has 3 aromatic rings. The van der Waals surface area contributed by atoms with E-state index in [4.69, 9.17) is 17.3 Å². The van der Waals surface area contributed by atoms with Gasteiger partial charge >= 0.3 is 0 Å². The van der Waals surface area contributed by atoms with Crippen molar-refractivity contribution in [2.24, 2.45) is 0 Å². The molecule has 0 aliphatic heterocycles. The van der Waals surface area contributed by atoms with Gasteiger partial charge in [0.05, 0.1) is 0 Å². The number of hydrogen-bond acceptors (Lipinski definition) is 1. The number of rotatable bonds is 0. The summed E-state index contributed by atoms with van der Waals surface area (Å²) in [7, 11) is 0. The van der Waals surface area contributed by atoms with Crippen LogP contribution in [0, 0.1) is 0 Å². The SMILES string of the molecule is Clc1ccccc1.Nc1cccc2ccccc12. The Morgan fingerprint density at radius 2 is 1.28 bits per heavy atom. The average Bonchev–Trinajstić information content (AvgIpc) is 2.41. The van der Waals surface area contributed by atoms with Crippen molar-refractivity contribution in [2.45, 2.75) is 0 Å². The topological polar surface area (TPSA) is 26.0 Å². The van der Waals surface area contributed by atoms with E-state index in [9.17, 15) is 0 Å². The van der Waals surface area contributed by atoms with Crippen molar-refractivity contribution >= 4 is 28.1 Å². The molecule has 0 bridgehead atoms. The highest BCUT2D eigenvalue weighted by molar-refractivity contribution is 6.30. The second-order valence-corrected chi connectivity index (χ2v) is 4.30. The van der Waals surface area contributed by atoms with Crippen molar-refractivity contribution in [3.63, 3.8) is 0 Å². The van der Waals surface area contributed by atoms with Crippen LogP contribution in [-0.4, -0.2) is 0 Å². The van der Waals surface area contributed by atoms with E-state index in [0.29, 0.717) is 0 Å². The molecule has 18 heavy (non-hydrogen) atoms. The standard InChI is InChI=1S/C10H9N.C6H5Cl/c11-10-7-3-5-8-4-1-2-6-9(8)10;7-6-4-2-1-3-5-6/h1-7H,11H2;1-5H. The maximum Gasteiger partial charge on any atom is 0.0405 e. The Hall–Kier alpha value is -1.99. The van der Waals surface area contributed by atoms with E-state index in [1.54, 1.807) is 0 Å². The van der Waals surface area contributed by atoms with E-state index in [1.165, 1.54) is 5.39 Å². The van der Waals surface area contributed by atoms with E-state index in [0.717, 1.165) is 16.1 Å². The molecule has 0 unspecified atom stereocenters. The van der Waals surface area contributed by atoms with Crippen molar-refractivity contribution in [2.75, 3.05) is 5.73 Å². The molecule has 0 amide bonds. The molecule has 3 rings (SSSR count). The first-order valence-corrected chi connectivity index (χ1v) is 6.09. The molecule has 2 N–H and O–H groups in total. The monoisotopic (exact) mass is 255 g/mol.